The summed E-state index contributed by atoms with van der Waals surface area (Å²) in [5, 5.41) is 13.1. The molecule has 0 atom stereocenters. The molecule has 1 N–H and O–H groups in total. The standard InChI is InChI=1S/C12H12F2N2O3/c1-2-3-4-5-15-12(17)8-6-9(13)10(14)7-11(8)16(18)19/h2,6-7H,1,3-5H2,(H,15,17). The van der Waals surface area contributed by atoms with Gasteiger partial charge in [-0.05, 0) is 18.9 Å². The molecule has 0 saturated carbocycles. The minimum absolute atomic E-state index is 0.265. The number of hydrogen-bond acceptors (Lipinski definition) is 3. The molecule has 7 heteroatoms. The van der Waals surface area contributed by atoms with Gasteiger partial charge in [-0.15, -0.1) is 6.58 Å². The molecule has 0 bridgehead atoms. The third kappa shape index (κ3) is 3.84. The number of carbonyl (C=O) groups is 1. The normalized spacial score (nSPS) is 10.0. The molecule has 0 heterocycles. The van der Waals surface area contributed by atoms with E-state index in [1.807, 2.05) is 0 Å². The quantitative estimate of drug-likeness (QED) is 0.373. The van der Waals surface area contributed by atoms with Gasteiger partial charge in [0.25, 0.3) is 11.6 Å². The van der Waals surface area contributed by atoms with Crippen molar-refractivity contribution in [2.24, 2.45) is 0 Å². The van der Waals surface area contributed by atoms with Crippen LogP contribution in [0.2, 0.25) is 0 Å². The van der Waals surface area contributed by atoms with E-state index in [1.165, 1.54) is 0 Å². The van der Waals surface area contributed by atoms with Crippen molar-refractivity contribution in [3.63, 3.8) is 0 Å². The molecule has 0 aliphatic carbocycles. The number of carbonyl (C=O) groups excluding carboxylic acids is 1. The van der Waals surface area contributed by atoms with E-state index in [0.717, 1.165) is 0 Å². The lowest BCUT2D eigenvalue weighted by atomic mass is 10.1. The number of nitrogens with one attached hydrogen (secondary N) is 1. The summed E-state index contributed by atoms with van der Waals surface area (Å²) in [6.45, 7) is 3.77. The zero-order chi connectivity index (χ0) is 14.4. The Morgan fingerprint density at radius 2 is 2.05 bits per heavy atom. The summed E-state index contributed by atoms with van der Waals surface area (Å²) in [6.07, 6.45) is 2.93. The molecule has 0 aromatic heterocycles. The Morgan fingerprint density at radius 3 is 2.63 bits per heavy atom. The molecule has 0 radical (unpaired) electrons. The molecule has 102 valence electrons. The van der Waals surface area contributed by atoms with Gasteiger partial charge >= 0.3 is 0 Å². The second kappa shape index (κ2) is 6.58. The molecule has 1 amide bonds. The monoisotopic (exact) mass is 270 g/mol. The molecular formula is C12H12F2N2O3. The first-order valence-electron chi connectivity index (χ1n) is 5.50. The van der Waals surface area contributed by atoms with Crippen LogP contribution in [0.4, 0.5) is 14.5 Å². The number of nitrogens with zero attached hydrogens (tertiary/aromatic N) is 1. The highest BCUT2D eigenvalue weighted by Crippen LogP contribution is 2.22. The molecule has 0 saturated heterocycles. The maximum Gasteiger partial charge on any atom is 0.285 e. The highest BCUT2D eigenvalue weighted by molar-refractivity contribution is 5.98. The van der Waals surface area contributed by atoms with Crippen LogP contribution in [0.25, 0.3) is 0 Å². The van der Waals surface area contributed by atoms with Crippen LogP contribution in [-0.2, 0) is 0 Å². The summed E-state index contributed by atoms with van der Waals surface area (Å²) >= 11 is 0. The highest BCUT2D eigenvalue weighted by atomic mass is 19.2. The van der Waals surface area contributed by atoms with Crippen LogP contribution >= 0.6 is 0 Å². The van der Waals surface area contributed by atoms with E-state index >= 15 is 0 Å². The van der Waals surface area contributed by atoms with Gasteiger partial charge in [0, 0.05) is 6.54 Å². The topological polar surface area (TPSA) is 72.2 Å². The third-order valence-electron chi connectivity index (χ3n) is 2.35. The zero-order valence-electron chi connectivity index (χ0n) is 9.99. The second-order valence-corrected chi connectivity index (χ2v) is 3.73. The maximum absolute atomic E-state index is 13.0. The Hall–Kier alpha value is -2.31. The number of nitro groups is 1. The fourth-order valence-electron chi connectivity index (χ4n) is 1.41. The molecular weight excluding hydrogens is 258 g/mol. The summed E-state index contributed by atoms with van der Waals surface area (Å²) in [5.41, 5.74) is -1.26. The van der Waals surface area contributed by atoms with E-state index in [2.05, 4.69) is 11.9 Å². The van der Waals surface area contributed by atoms with E-state index in [1.54, 1.807) is 6.08 Å². The van der Waals surface area contributed by atoms with Crippen LogP contribution in [0.1, 0.15) is 23.2 Å². The largest absolute Gasteiger partial charge is 0.352 e. The lowest BCUT2D eigenvalue weighted by molar-refractivity contribution is -0.385. The molecule has 1 aromatic carbocycles. The third-order valence-corrected chi connectivity index (χ3v) is 2.35. The Labute approximate surface area is 108 Å². The Balaban J connectivity index is 2.91. The summed E-state index contributed by atoms with van der Waals surface area (Å²) in [4.78, 5) is 21.4. The first-order valence-corrected chi connectivity index (χ1v) is 5.50. The summed E-state index contributed by atoms with van der Waals surface area (Å²) < 4.78 is 25.9. The van der Waals surface area contributed by atoms with Crippen LogP contribution in [0, 0.1) is 21.7 Å². The Morgan fingerprint density at radius 1 is 1.42 bits per heavy atom. The van der Waals surface area contributed by atoms with Gasteiger partial charge in [0.15, 0.2) is 11.6 Å². The molecule has 1 aromatic rings. The Kier molecular flexibility index (Phi) is 5.11. The van der Waals surface area contributed by atoms with Crippen molar-refractivity contribution in [2.75, 3.05) is 6.54 Å². The van der Waals surface area contributed by atoms with E-state index in [9.17, 15) is 23.7 Å². The van der Waals surface area contributed by atoms with Crippen molar-refractivity contribution in [1.29, 1.82) is 0 Å². The molecule has 0 aliphatic heterocycles. The fourth-order valence-corrected chi connectivity index (χ4v) is 1.41. The molecule has 1 rings (SSSR count). The number of benzene rings is 1. The average Bonchev–Trinajstić information content (AvgIpc) is 2.36. The van der Waals surface area contributed by atoms with Gasteiger partial charge in [-0.25, -0.2) is 8.78 Å². The molecule has 0 aliphatic rings. The van der Waals surface area contributed by atoms with Gasteiger partial charge in [0.05, 0.1) is 11.0 Å². The lowest BCUT2D eigenvalue weighted by Crippen LogP contribution is -2.25. The Bertz CT molecular complexity index is 518. The van der Waals surface area contributed by atoms with Crippen LogP contribution in [0.5, 0.6) is 0 Å². The van der Waals surface area contributed by atoms with Crippen LogP contribution in [0.15, 0.2) is 24.8 Å². The number of allylic oxidation sites excluding steroid dienone is 1. The van der Waals surface area contributed by atoms with Gasteiger partial charge in [0.2, 0.25) is 0 Å². The fraction of sp³-hybridized carbons (Fsp3) is 0.250. The maximum atomic E-state index is 13.0. The summed E-state index contributed by atoms with van der Waals surface area (Å²) in [5.74, 6) is -3.48. The predicted octanol–water partition coefficient (Wildman–Crippen LogP) is 2.57. The molecule has 5 nitrogen and oxygen atoms in total. The number of unbranched alkanes of at least 4 members (excludes halogenated alkanes) is 1. The molecule has 0 fully saturated rings. The van der Waals surface area contributed by atoms with Crippen molar-refractivity contribution in [2.45, 2.75) is 12.8 Å². The van der Waals surface area contributed by atoms with Gasteiger partial charge < -0.3 is 5.32 Å². The first kappa shape index (κ1) is 14.7. The van der Waals surface area contributed by atoms with Gasteiger partial charge in [0.1, 0.15) is 5.56 Å². The predicted molar refractivity (Wildman–Crippen MR) is 64.8 cm³/mol. The number of halogens is 2. The number of amides is 1. The highest BCUT2D eigenvalue weighted by Gasteiger charge is 2.23. The smallest absolute Gasteiger partial charge is 0.285 e. The minimum Gasteiger partial charge on any atom is -0.352 e. The van der Waals surface area contributed by atoms with Crippen LogP contribution in [-0.4, -0.2) is 17.4 Å². The van der Waals surface area contributed by atoms with Gasteiger partial charge in [-0.2, -0.15) is 0 Å². The second-order valence-electron chi connectivity index (χ2n) is 3.73. The lowest BCUT2D eigenvalue weighted by Gasteiger charge is -2.05. The van der Waals surface area contributed by atoms with Crippen LogP contribution < -0.4 is 5.32 Å². The summed E-state index contributed by atoms with van der Waals surface area (Å²) in [7, 11) is 0. The van der Waals surface area contributed by atoms with E-state index < -0.39 is 33.7 Å². The number of nitro benzene ring substituents is 1. The van der Waals surface area contributed by atoms with Crippen molar-refractivity contribution < 1.29 is 18.5 Å². The van der Waals surface area contributed by atoms with E-state index in [-0.39, 0.29) is 6.54 Å². The van der Waals surface area contributed by atoms with Gasteiger partial charge in [-0.1, -0.05) is 6.08 Å². The number of hydrogen-bond donors (Lipinski definition) is 1. The molecule has 19 heavy (non-hydrogen) atoms. The average molecular weight is 270 g/mol. The number of rotatable bonds is 6. The van der Waals surface area contributed by atoms with E-state index in [0.29, 0.717) is 25.0 Å². The van der Waals surface area contributed by atoms with Crippen molar-refractivity contribution in [3.8, 4) is 0 Å². The van der Waals surface area contributed by atoms with Crippen molar-refractivity contribution in [3.05, 3.63) is 52.1 Å². The van der Waals surface area contributed by atoms with Crippen molar-refractivity contribution >= 4 is 11.6 Å². The SMILES string of the molecule is C=CCCCNC(=O)c1cc(F)c(F)cc1[N+](=O)[O-]. The molecule has 0 unspecified atom stereocenters. The zero-order valence-corrected chi connectivity index (χ0v) is 9.99. The van der Waals surface area contributed by atoms with Crippen LogP contribution in [0.3, 0.4) is 0 Å². The van der Waals surface area contributed by atoms with E-state index in [4.69, 9.17) is 0 Å². The van der Waals surface area contributed by atoms with Crippen molar-refractivity contribution in [1.82, 2.24) is 5.32 Å². The summed E-state index contributed by atoms with van der Waals surface area (Å²) in [6, 6.07) is 0.921. The minimum atomic E-state index is -1.37. The molecule has 0 spiro atoms. The van der Waals surface area contributed by atoms with Gasteiger partial charge in [-0.3, -0.25) is 14.9 Å². The first-order chi connectivity index (χ1) is 8.97.